The van der Waals surface area contributed by atoms with Crippen LogP contribution in [0.2, 0.25) is 0 Å². The lowest BCUT2D eigenvalue weighted by atomic mass is 10.1. The number of benzene rings is 2. The number of hydrogen-bond acceptors (Lipinski definition) is 4. The highest BCUT2D eigenvalue weighted by Gasteiger charge is 2.22. The van der Waals surface area contributed by atoms with Gasteiger partial charge in [-0.25, -0.2) is 14.1 Å². The molecule has 3 heterocycles. The summed E-state index contributed by atoms with van der Waals surface area (Å²) >= 11 is 0. The van der Waals surface area contributed by atoms with Crippen molar-refractivity contribution in [3.05, 3.63) is 99.5 Å². The summed E-state index contributed by atoms with van der Waals surface area (Å²) in [6, 6.07) is 16.0. The monoisotopic (exact) mass is 415 g/mol. The average molecular weight is 415 g/mol. The van der Waals surface area contributed by atoms with Gasteiger partial charge in [0.05, 0.1) is 23.1 Å². The zero-order valence-electron chi connectivity index (χ0n) is 17.2. The van der Waals surface area contributed by atoms with E-state index in [0.29, 0.717) is 18.9 Å². The highest BCUT2D eigenvalue weighted by Crippen LogP contribution is 2.22. The fourth-order valence-electron chi connectivity index (χ4n) is 4.03. The largest absolute Gasteiger partial charge is 0.306 e. The number of nitrogens with one attached hydrogen (secondary N) is 1. The molecule has 6 nitrogen and oxygen atoms in total. The molecule has 2 aromatic carbocycles. The minimum absolute atomic E-state index is 0.0766. The zero-order valence-corrected chi connectivity index (χ0v) is 17.2. The summed E-state index contributed by atoms with van der Waals surface area (Å²) < 4.78 is 15.0. The Morgan fingerprint density at radius 2 is 1.87 bits per heavy atom. The second-order valence-electron chi connectivity index (χ2n) is 7.81. The molecule has 0 aliphatic carbocycles. The highest BCUT2D eigenvalue weighted by atomic mass is 19.1. The third-order valence-electron chi connectivity index (χ3n) is 5.77. The molecule has 0 saturated heterocycles. The summed E-state index contributed by atoms with van der Waals surface area (Å²) in [7, 11) is 0. The molecule has 5 rings (SSSR count). The number of fused-ring (bicyclic) bond motifs is 1. The molecular formula is C24H22FN5O. The van der Waals surface area contributed by atoms with Crippen LogP contribution in [-0.2, 0) is 19.5 Å². The molecule has 0 saturated carbocycles. The lowest BCUT2D eigenvalue weighted by Gasteiger charge is -2.27. The second-order valence-corrected chi connectivity index (χ2v) is 7.81. The third kappa shape index (κ3) is 3.80. The van der Waals surface area contributed by atoms with E-state index in [-0.39, 0.29) is 11.4 Å². The van der Waals surface area contributed by atoms with E-state index in [2.05, 4.69) is 15.0 Å². The predicted molar refractivity (Wildman–Crippen MR) is 116 cm³/mol. The Morgan fingerprint density at radius 1 is 1.10 bits per heavy atom. The first kappa shape index (κ1) is 19.4. The van der Waals surface area contributed by atoms with Gasteiger partial charge in [0.2, 0.25) is 0 Å². The molecule has 2 aromatic heterocycles. The van der Waals surface area contributed by atoms with Crippen molar-refractivity contribution in [2.45, 2.75) is 26.4 Å². The smallest absolute Gasteiger partial charge is 0.255 e. The maximum Gasteiger partial charge on any atom is 0.255 e. The van der Waals surface area contributed by atoms with Gasteiger partial charge in [-0.05, 0) is 31.2 Å². The first-order valence-corrected chi connectivity index (χ1v) is 10.3. The Bertz CT molecular complexity index is 1280. The number of hydrogen-bond donors (Lipinski definition) is 1. The van der Waals surface area contributed by atoms with Gasteiger partial charge in [0.1, 0.15) is 11.6 Å². The van der Waals surface area contributed by atoms with Crippen molar-refractivity contribution in [1.29, 1.82) is 0 Å². The van der Waals surface area contributed by atoms with Crippen LogP contribution in [0.5, 0.6) is 0 Å². The fraction of sp³-hybridized carbons (Fsp3) is 0.208. The van der Waals surface area contributed by atoms with Gasteiger partial charge in [0, 0.05) is 42.9 Å². The maximum absolute atomic E-state index is 13.2. The van der Waals surface area contributed by atoms with Crippen molar-refractivity contribution in [2.75, 3.05) is 6.54 Å². The molecule has 0 unspecified atom stereocenters. The fourth-order valence-corrected chi connectivity index (χ4v) is 4.03. The molecule has 1 aliphatic heterocycles. The molecule has 7 heteroatoms. The molecule has 156 valence electrons. The molecule has 0 spiro atoms. The number of aromatic nitrogens is 4. The summed E-state index contributed by atoms with van der Waals surface area (Å²) in [6.45, 7) is 4.06. The van der Waals surface area contributed by atoms with E-state index in [0.717, 1.165) is 46.7 Å². The van der Waals surface area contributed by atoms with Crippen molar-refractivity contribution in [3.8, 4) is 17.1 Å². The molecule has 0 fully saturated rings. The lowest BCUT2D eigenvalue weighted by Crippen LogP contribution is -2.35. The Hall–Kier alpha value is -3.58. The van der Waals surface area contributed by atoms with Gasteiger partial charge in [-0.2, -0.15) is 5.10 Å². The van der Waals surface area contributed by atoms with E-state index >= 15 is 0 Å². The maximum atomic E-state index is 13.2. The van der Waals surface area contributed by atoms with Gasteiger partial charge in [-0.1, -0.05) is 30.3 Å². The SMILES string of the molecule is Cc1c(CN2CCc3nc(-c4ccccc4)[nH]c(=O)c3C2)cnn1-c1ccc(F)cc1. The normalized spacial score (nSPS) is 13.9. The summed E-state index contributed by atoms with van der Waals surface area (Å²) in [5.74, 6) is 0.351. The number of halogens is 1. The van der Waals surface area contributed by atoms with Crippen molar-refractivity contribution in [1.82, 2.24) is 24.6 Å². The van der Waals surface area contributed by atoms with E-state index < -0.39 is 0 Å². The third-order valence-corrected chi connectivity index (χ3v) is 5.77. The van der Waals surface area contributed by atoms with Crippen LogP contribution in [0.4, 0.5) is 4.39 Å². The molecule has 0 bridgehead atoms. The molecular weight excluding hydrogens is 393 g/mol. The van der Waals surface area contributed by atoms with Gasteiger partial charge in [-0.15, -0.1) is 0 Å². The van der Waals surface area contributed by atoms with Crippen LogP contribution in [0.25, 0.3) is 17.1 Å². The average Bonchev–Trinajstić information content (AvgIpc) is 3.15. The quantitative estimate of drug-likeness (QED) is 0.553. The van der Waals surface area contributed by atoms with Crippen LogP contribution >= 0.6 is 0 Å². The van der Waals surface area contributed by atoms with Crippen LogP contribution in [0.3, 0.4) is 0 Å². The van der Waals surface area contributed by atoms with E-state index in [1.54, 1.807) is 12.1 Å². The first-order chi connectivity index (χ1) is 15.1. The Balaban J connectivity index is 1.36. The number of rotatable bonds is 4. The van der Waals surface area contributed by atoms with Crippen LogP contribution in [0, 0.1) is 12.7 Å². The molecule has 1 aliphatic rings. The van der Waals surface area contributed by atoms with Gasteiger partial charge in [-0.3, -0.25) is 9.69 Å². The van der Waals surface area contributed by atoms with E-state index in [9.17, 15) is 9.18 Å². The Kier molecular flexibility index (Phi) is 4.95. The number of nitrogens with zero attached hydrogens (tertiary/aromatic N) is 4. The van der Waals surface area contributed by atoms with E-state index in [1.165, 1.54) is 12.1 Å². The van der Waals surface area contributed by atoms with Gasteiger partial charge >= 0.3 is 0 Å². The zero-order chi connectivity index (χ0) is 21.4. The molecule has 0 atom stereocenters. The van der Waals surface area contributed by atoms with Gasteiger partial charge in [0.25, 0.3) is 5.56 Å². The van der Waals surface area contributed by atoms with Crippen molar-refractivity contribution < 1.29 is 4.39 Å². The Morgan fingerprint density at radius 3 is 2.65 bits per heavy atom. The van der Waals surface area contributed by atoms with Crippen LogP contribution in [0.1, 0.15) is 22.5 Å². The standard InChI is InChI=1S/C24H22FN5O/c1-16-18(13-26-30(16)20-9-7-19(25)8-10-20)14-29-12-11-22-21(15-29)24(31)28-23(27-22)17-5-3-2-4-6-17/h2-10,13H,11-12,14-15H2,1H3,(H,27,28,31). The minimum Gasteiger partial charge on any atom is -0.306 e. The second kappa shape index (κ2) is 7.92. The first-order valence-electron chi connectivity index (χ1n) is 10.3. The molecule has 4 aromatic rings. The summed E-state index contributed by atoms with van der Waals surface area (Å²) in [6.07, 6.45) is 2.57. The number of H-pyrrole nitrogens is 1. The molecule has 0 radical (unpaired) electrons. The topological polar surface area (TPSA) is 66.8 Å². The molecule has 0 amide bonds. The summed E-state index contributed by atoms with van der Waals surface area (Å²) in [4.78, 5) is 22.7. The van der Waals surface area contributed by atoms with Gasteiger partial charge in [0.15, 0.2) is 0 Å². The van der Waals surface area contributed by atoms with Crippen LogP contribution in [-0.4, -0.2) is 31.2 Å². The highest BCUT2D eigenvalue weighted by molar-refractivity contribution is 5.54. The summed E-state index contributed by atoms with van der Waals surface area (Å²) in [5, 5.41) is 4.48. The van der Waals surface area contributed by atoms with E-state index in [4.69, 9.17) is 4.98 Å². The van der Waals surface area contributed by atoms with Crippen molar-refractivity contribution in [2.24, 2.45) is 0 Å². The van der Waals surface area contributed by atoms with Crippen molar-refractivity contribution >= 4 is 0 Å². The van der Waals surface area contributed by atoms with Gasteiger partial charge < -0.3 is 4.98 Å². The van der Waals surface area contributed by atoms with Crippen molar-refractivity contribution in [3.63, 3.8) is 0 Å². The van der Waals surface area contributed by atoms with Crippen LogP contribution in [0.15, 0.2) is 65.6 Å². The number of aromatic amines is 1. The lowest BCUT2D eigenvalue weighted by molar-refractivity contribution is 0.241. The summed E-state index contributed by atoms with van der Waals surface area (Å²) in [5.41, 5.74) is 5.35. The molecule has 31 heavy (non-hydrogen) atoms. The minimum atomic E-state index is -0.269. The van der Waals surface area contributed by atoms with Crippen LogP contribution < -0.4 is 5.56 Å². The van der Waals surface area contributed by atoms with E-state index in [1.807, 2.05) is 48.1 Å². The Labute approximate surface area is 179 Å². The predicted octanol–water partition coefficient (Wildman–Crippen LogP) is 3.63. The molecule has 1 N–H and O–H groups in total.